The number of ether oxygens (including phenoxy) is 2. The van der Waals surface area contributed by atoms with Crippen LogP contribution in [0.2, 0.25) is 0 Å². The van der Waals surface area contributed by atoms with Crippen LogP contribution in [0.4, 0.5) is 11.4 Å². The average Bonchev–Trinajstić information content (AvgIpc) is 3.30. The Morgan fingerprint density at radius 3 is 2.43 bits per heavy atom. The van der Waals surface area contributed by atoms with Gasteiger partial charge in [-0.05, 0) is 32.0 Å². The molecular formula is C25H29N7O3. The lowest BCUT2D eigenvalue weighted by atomic mass is 10.2. The third kappa shape index (κ3) is 5.32. The van der Waals surface area contributed by atoms with Gasteiger partial charge in [0.1, 0.15) is 11.5 Å². The van der Waals surface area contributed by atoms with Crippen molar-refractivity contribution in [3.63, 3.8) is 0 Å². The van der Waals surface area contributed by atoms with Crippen LogP contribution >= 0.6 is 0 Å². The van der Waals surface area contributed by atoms with Crippen LogP contribution in [-0.2, 0) is 7.05 Å². The van der Waals surface area contributed by atoms with E-state index in [2.05, 4.69) is 15.4 Å². The van der Waals surface area contributed by atoms with E-state index < -0.39 is 14.1 Å². The zero-order chi connectivity index (χ0) is 29.9. The summed E-state index contributed by atoms with van der Waals surface area (Å²) in [6.07, 6.45) is 5.16. The van der Waals surface area contributed by atoms with Crippen LogP contribution < -0.4 is 14.4 Å². The smallest absolute Gasteiger partial charge is 0.124 e. The van der Waals surface area contributed by atoms with Gasteiger partial charge in [0, 0.05) is 61.0 Å². The average molecular weight is 482 g/mol. The van der Waals surface area contributed by atoms with Crippen LogP contribution in [0.15, 0.2) is 60.3 Å². The van der Waals surface area contributed by atoms with Crippen molar-refractivity contribution in [1.29, 1.82) is 0 Å². The second-order valence-electron chi connectivity index (χ2n) is 8.19. The Balaban J connectivity index is 1.83. The maximum Gasteiger partial charge on any atom is 0.124 e. The predicted octanol–water partition coefficient (Wildman–Crippen LogP) is 4.58. The zero-order valence-electron chi connectivity index (χ0n) is 25.5. The van der Waals surface area contributed by atoms with E-state index in [9.17, 15) is 4.91 Å². The summed E-state index contributed by atoms with van der Waals surface area (Å²) in [4.78, 5) is 22.5. The molecule has 4 aromatic rings. The highest BCUT2D eigenvalue weighted by Gasteiger charge is 2.17. The first-order valence-corrected chi connectivity index (χ1v) is 10.9. The van der Waals surface area contributed by atoms with Crippen LogP contribution in [-0.4, -0.2) is 58.0 Å². The fraction of sp³-hybridized carbons (Fsp3) is 0.320. The van der Waals surface area contributed by atoms with E-state index in [1.807, 2.05) is 20.0 Å². The molecule has 182 valence electrons. The van der Waals surface area contributed by atoms with Crippen molar-refractivity contribution < 1.29 is 17.7 Å². The Hall–Kier alpha value is -4.21. The number of aryl methyl sites for hydroxylation is 1. The number of nitroso groups, excluding NO2 is 1. The molecule has 2 aromatic heterocycles. The monoisotopic (exact) mass is 481 g/mol. The molecule has 0 saturated carbocycles. The number of aromatic nitrogens is 4. The number of nitrogens with zero attached hydrogens (tertiary/aromatic N) is 7. The highest BCUT2D eigenvalue weighted by Crippen LogP contribution is 2.34. The molecule has 2 heterocycles. The lowest BCUT2D eigenvalue weighted by Gasteiger charge is -2.29. The van der Waals surface area contributed by atoms with Crippen molar-refractivity contribution in [3.05, 3.63) is 59.9 Å². The van der Waals surface area contributed by atoms with E-state index in [1.165, 1.54) is 23.2 Å². The topological polar surface area (TPSA) is 98.0 Å². The number of hydrogen-bond acceptors (Lipinski definition) is 8. The molecule has 4 rings (SSSR count). The van der Waals surface area contributed by atoms with Gasteiger partial charge in [-0.15, -0.1) is 4.91 Å². The molecule has 10 nitrogen and oxygen atoms in total. The molecule has 0 bridgehead atoms. The van der Waals surface area contributed by atoms with Gasteiger partial charge in [-0.25, -0.2) is 4.98 Å². The molecule has 0 N–H and O–H groups in total. The Labute approximate surface area is 212 Å². The lowest BCUT2D eigenvalue weighted by molar-refractivity contribution is 0.235. The van der Waals surface area contributed by atoms with Crippen molar-refractivity contribution in [2.75, 3.05) is 32.1 Å². The summed E-state index contributed by atoms with van der Waals surface area (Å²) in [5.41, 5.74) is 3.57. The molecule has 0 atom stereocenters. The third-order valence-corrected chi connectivity index (χ3v) is 5.50. The largest absolute Gasteiger partial charge is 0.497 e. The number of rotatable bonds is 10. The Bertz CT molecular complexity index is 1490. The normalized spacial score (nSPS) is 14.3. The second kappa shape index (κ2) is 10.4. The summed E-state index contributed by atoms with van der Waals surface area (Å²) < 4.78 is 57.0. The van der Waals surface area contributed by atoms with Gasteiger partial charge < -0.3 is 14.4 Å². The second-order valence-corrected chi connectivity index (χ2v) is 8.19. The van der Waals surface area contributed by atoms with Gasteiger partial charge in [-0.2, -0.15) is 5.10 Å². The van der Waals surface area contributed by atoms with Crippen LogP contribution in [0.25, 0.3) is 22.3 Å². The molecule has 0 aliphatic heterocycles. The molecule has 2 aromatic carbocycles. The lowest BCUT2D eigenvalue weighted by Crippen LogP contribution is -2.33. The summed E-state index contributed by atoms with van der Waals surface area (Å²) in [6.45, 7) is 4.05. The van der Waals surface area contributed by atoms with Gasteiger partial charge in [-0.1, -0.05) is 0 Å². The standard InChI is InChI=1S/C25H29N7O3/c1-17(2)32(29-33)9-8-31(20-10-21(34-4)13-22(11-20)35-5)19-6-7-23-24(12-19)28-25(15-26-23)18-14-27-30(3)16-18/h6-7,10-17H,8-9H2,1-5H3/i4D3,5D3. The molecule has 10 heteroatoms. The zero-order valence-corrected chi connectivity index (χ0v) is 19.5. The van der Waals surface area contributed by atoms with Gasteiger partial charge >= 0.3 is 0 Å². The van der Waals surface area contributed by atoms with Crippen molar-refractivity contribution in [2.24, 2.45) is 12.3 Å². The molecular weight excluding hydrogens is 446 g/mol. The minimum atomic E-state index is -2.79. The Morgan fingerprint density at radius 1 is 1.03 bits per heavy atom. The van der Waals surface area contributed by atoms with Gasteiger partial charge in [0.15, 0.2) is 0 Å². The van der Waals surface area contributed by atoms with Crippen LogP contribution in [0.5, 0.6) is 11.5 Å². The minimum Gasteiger partial charge on any atom is -0.497 e. The highest BCUT2D eigenvalue weighted by atomic mass is 16.5. The molecule has 0 radical (unpaired) electrons. The predicted molar refractivity (Wildman–Crippen MR) is 136 cm³/mol. The Morgan fingerprint density at radius 2 is 1.80 bits per heavy atom. The van der Waals surface area contributed by atoms with Crippen LogP contribution in [0.1, 0.15) is 22.1 Å². The molecule has 0 fully saturated rings. The fourth-order valence-corrected chi connectivity index (χ4v) is 3.69. The molecule has 0 amide bonds. The van der Waals surface area contributed by atoms with Gasteiger partial charge in [0.05, 0.1) is 63.3 Å². The van der Waals surface area contributed by atoms with E-state index in [0.717, 1.165) is 5.56 Å². The molecule has 0 aliphatic rings. The summed E-state index contributed by atoms with van der Waals surface area (Å²) in [5.74, 6) is -0.249. The van der Waals surface area contributed by atoms with E-state index >= 15 is 0 Å². The first-order valence-electron chi connectivity index (χ1n) is 13.9. The highest BCUT2D eigenvalue weighted by molar-refractivity contribution is 5.82. The molecule has 35 heavy (non-hydrogen) atoms. The summed E-state index contributed by atoms with van der Waals surface area (Å²) in [5, 5.41) is 8.65. The number of benzene rings is 2. The minimum absolute atomic E-state index is 0.125. The Kier molecular flexibility index (Phi) is 5.11. The van der Waals surface area contributed by atoms with Crippen molar-refractivity contribution in [3.8, 4) is 22.8 Å². The number of anilines is 2. The maximum absolute atomic E-state index is 11.5. The molecule has 0 saturated heterocycles. The first-order chi connectivity index (χ1) is 19.2. The van der Waals surface area contributed by atoms with Gasteiger partial charge in [-0.3, -0.25) is 14.7 Å². The molecule has 0 spiro atoms. The third-order valence-electron chi connectivity index (χ3n) is 5.50. The van der Waals surface area contributed by atoms with Crippen molar-refractivity contribution >= 4 is 22.4 Å². The van der Waals surface area contributed by atoms with E-state index in [0.29, 0.717) is 28.1 Å². The van der Waals surface area contributed by atoms with Gasteiger partial charge in [0.25, 0.3) is 0 Å². The van der Waals surface area contributed by atoms with E-state index in [-0.39, 0.29) is 30.6 Å². The molecule has 0 unspecified atom stereocenters. The summed E-state index contributed by atoms with van der Waals surface area (Å²) in [6, 6.07) is 9.27. The maximum atomic E-state index is 11.5. The number of hydrogen-bond donors (Lipinski definition) is 0. The van der Waals surface area contributed by atoms with E-state index in [1.54, 1.807) is 47.2 Å². The quantitative estimate of drug-likeness (QED) is 0.240. The number of fused-ring (bicyclic) bond motifs is 1. The fourth-order valence-electron chi connectivity index (χ4n) is 3.69. The summed E-state index contributed by atoms with van der Waals surface area (Å²) in [7, 11) is -3.79. The van der Waals surface area contributed by atoms with Crippen molar-refractivity contribution in [1.82, 2.24) is 24.8 Å². The van der Waals surface area contributed by atoms with Crippen LogP contribution in [0, 0.1) is 4.91 Å². The first kappa shape index (κ1) is 17.3. The molecule has 0 aliphatic carbocycles. The van der Waals surface area contributed by atoms with Crippen molar-refractivity contribution in [2.45, 2.75) is 19.9 Å². The van der Waals surface area contributed by atoms with E-state index in [4.69, 9.17) is 22.7 Å². The number of methoxy groups -OCH3 is 2. The summed E-state index contributed by atoms with van der Waals surface area (Å²) >= 11 is 0. The van der Waals surface area contributed by atoms with Crippen LogP contribution in [0.3, 0.4) is 0 Å². The SMILES string of the molecule is [2H]C([2H])([2H])Oc1cc(OC([2H])([2H])[2H])cc(N(CCN(N=O)C(C)C)c2ccc3ncc(-c4cnn(C)c4)nc3c2)c1. The van der Waals surface area contributed by atoms with Gasteiger partial charge in [0.2, 0.25) is 0 Å².